The Labute approximate surface area is 122 Å². The number of hydrogen-bond acceptors (Lipinski definition) is 3. The molecule has 0 bridgehead atoms. The quantitative estimate of drug-likeness (QED) is 0.926. The minimum Gasteiger partial charge on any atom is -0.325 e. The Morgan fingerprint density at radius 1 is 1.38 bits per heavy atom. The maximum Gasteiger partial charge on any atom is 0.471 e. The zero-order valence-corrected chi connectivity index (χ0v) is 11.5. The molecule has 2 aromatic rings. The second-order valence-electron chi connectivity index (χ2n) is 4.48. The average molecular weight is 313 g/mol. The van der Waals surface area contributed by atoms with Crippen LogP contribution in [0.5, 0.6) is 0 Å². The van der Waals surface area contributed by atoms with Gasteiger partial charge in [0.2, 0.25) is 0 Å². The predicted molar refractivity (Wildman–Crippen MR) is 73.1 cm³/mol. The molecular formula is C13H10F3N3OS. The smallest absolute Gasteiger partial charge is 0.325 e. The summed E-state index contributed by atoms with van der Waals surface area (Å²) in [6.07, 6.45) is -3.04. The van der Waals surface area contributed by atoms with Crippen LogP contribution in [-0.2, 0) is 11.3 Å². The van der Waals surface area contributed by atoms with Crippen molar-refractivity contribution in [2.45, 2.75) is 17.9 Å². The van der Waals surface area contributed by atoms with Gasteiger partial charge in [-0.05, 0) is 12.1 Å². The minimum absolute atomic E-state index is 0.0932. The number of carbonyl (C=O) groups excluding carboxylic acids is 1. The van der Waals surface area contributed by atoms with Crippen molar-refractivity contribution in [3.05, 3.63) is 30.5 Å². The van der Waals surface area contributed by atoms with Gasteiger partial charge in [0, 0.05) is 29.7 Å². The molecule has 0 radical (unpaired) electrons. The average Bonchev–Trinajstić information content (AvgIpc) is 2.98. The van der Waals surface area contributed by atoms with Gasteiger partial charge in [0.15, 0.2) is 5.16 Å². The van der Waals surface area contributed by atoms with Crippen molar-refractivity contribution in [1.82, 2.24) is 9.55 Å². The minimum atomic E-state index is -4.90. The van der Waals surface area contributed by atoms with E-state index in [0.29, 0.717) is 11.3 Å². The molecule has 21 heavy (non-hydrogen) atoms. The van der Waals surface area contributed by atoms with Gasteiger partial charge in [-0.2, -0.15) is 13.2 Å². The molecule has 1 amide bonds. The van der Waals surface area contributed by atoms with Gasteiger partial charge in [-0.1, -0.05) is 23.9 Å². The lowest BCUT2D eigenvalue weighted by molar-refractivity contribution is -0.167. The zero-order chi connectivity index (χ0) is 15.0. The third kappa shape index (κ3) is 2.90. The number of halogens is 3. The van der Waals surface area contributed by atoms with E-state index in [0.717, 1.165) is 17.5 Å². The molecule has 0 unspecified atom stereocenters. The topological polar surface area (TPSA) is 46.9 Å². The van der Waals surface area contributed by atoms with E-state index in [1.807, 2.05) is 16.1 Å². The highest BCUT2D eigenvalue weighted by Gasteiger charge is 2.38. The van der Waals surface area contributed by atoms with E-state index in [-0.39, 0.29) is 5.69 Å². The van der Waals surface area contributed by atoms with Crippen LogP contribution in [0.4, 0.5) is 18.9 Å². The number of imidazole rings is 1. The van der Waals surface area contributed by atoms with Crippen LogP contribution in [0.15, 0.2) is 35.6 Å². The molecule has 1 N–H and O–H groups in total. The maximum atomic E-state index is 12.2. The molecule has 0 spiro atoms. The molecule has 0 fully saturated rings. The van der Waals surface area contributed by atoms with Gasteiger partial charge in [0.1, 0.15) is 0 Å². The number of thioether (sulfide) groups is 1. The summed E-state index contributed by atoms with van der Waals surface area (Å²) in [4.78, 5) is 15.4. The molecule has 1 aromatic carbocycles. The predicted octanol–water partition coefficient (Wildman–Crippen LogP) is 3.16. The van der Waals surface area contributed by atoms with Crippen LogP contribution in [0, 0.1) is 0 Å². The molecule has 0 saturated carbocycles. The number of aromatic nitrogens is 2. The highest BCUT2D eigenvalue weighted by atomic mass is 32.2. The molecule has 0 aliphatic carbocycles. The first-order chi connectivity index (χ1) is 9.93. The zero-order valence-electron chi connectivity index (χ0n) is 10.6. The fraction of sp³-hybridized carbons (Fsp3) is 0.231. The fourth-order valence-electron chi connectivity index (χ4n) is 2.01. The highest BCUT2D eigenvalue weighted by molar-refractivity contribution is 7.99. The van der Waals surface area contributed by atoms with Crippen molar-refractivity contribution < 1.29 is 18.0 Å². The van der Waals surface area contributed by atoms with Crippen LogP contribution in [0.1, 0.15) is 0 Å². The number of nitrogens with zero attached hydrogens (tertiary/aromatic N) is 2. The van der Waals surface area contributed by atoms with Gasteiger partial charge in [-0.3, -0.25) is 4.79 Å². The third-order valence-corrected chi connectivity index (χ3v) is 3.95. The van der Waals surface area contributed by atoms with Crippen LogP contribution in [0.2, 0.25) is 0 Å². The van der Waals surface area contributed by atoms with E-state index < -0.39 is 12.1 Å². The number of fused-ring (bicyclic) bond motifs is 1. The molecule has 0 atom stereocenters. The number of hydrogen-bond donors (Lipinski definition) is 1. The van der Waals surface area contributed by atoms with Crippen LogP contribution >= 0.6 is 11.8 Å². The number of amides is 1. The Kier molecular flexibility index (Phi) is 3.40. The summed E-state index contributed by atoms with van der Waals surface area (Å²) in [7, 11) is 0. The van der Waals surface area contributed by atoms with E-state index in [2.05, 4.69) is 4.98 Å². The summed E-state index contributed by atoms with van der Waals surface area (Å²) in [6, 6.07) is 6.21. The number of aryl methyl sites for hydroxylation is 1. The number of alkyl halides is 3. The fourth-order valence-corrected chi connectivity index (χ4v) is 2.95. The molecule has 8 heteroatoms. The summed E-state index contributed by atoms with van der Waals surface area (Å²) >= 11 is 1.63. The molecular weight excluding hydrogens is 303 g/mol. The summed E-state index contributed by atoms with van der Waals surface area (Å²) in [5.41, 5.74) is 1.44. The van der Waals surface area contributed by atoms with Gasteiger partial charge in [-0.25, -0.2) is 4.98 Å². The maximum absolute atomic E-state index is 12.2. The molecule has 110 valence electrons. The van der Waals surface area contributed by atoms with Crippen molar-refractivity contribution in [3.63, 3.8) is 0 Å². The third-order valence-electron chi connectivity index (χ3n) is 2.98. The standard InChI is InChI=1S/C13H10F3N3OS/c14-13(15,16)11(20)17-9-3-1-2-8(6-9)10-7-19-4-5-21-12(19)18-10/h1-3,6-7H,4-5H2,(H,17,20). The van der Waals surface area contributed by atoms with Crippen molar-refractivity contribution in [3.8, 4) is 11.3 Å². The number of carbonyl (C=O) groups is 1. The van der Waals surface area contributed by atoms with Gasteiger partial charge >= 0.3 is 12.1 Å². The Balaban J connectivity index is 1.84. The number of nitrogens with one attached hydrogen (secondary N) is 1. The number of anilines is 1. The molecule has 1 aromatic heterocycles. The van der Waals surface area contributed by atoms with Crippen molar-refractivity contribution in [2.24, 2.45) is 0 Å². The van der Waals surface area contributed by atoms with Gasteiger partial charge < -0.3 is 9.88 Å². The Hall–Kier alpha value is -1.96. The second kappa shape index (κ2) is 5.10. The Bertz CT molecular complexity index is 675. The summed E-state index contributed by atoms with van der Waals surface area (Å²) in [5.74, 6) is -1.01. The number of rotatable bonds is 2. The van der Waals surface area contributed by atoms with E-state index in [1.54, 1.807) is 23.9 Å². The Morgan fingerprint density at radius 2 is 2.19 bits per heavy atom. The molecule has 2 heterocycles. The van der Waals surface area contributed by atoms with E-state index in [1.165, 1.54) is 12.1 Å². The van der Waals surface area contributed by atoms with Crippen LogP contribution in [0.3, 0.4) is 0 Å². The normalized spacial score (nSPS) is 14.0. The van der Waals surface area contributed by atoms with E-state index >= 15 is 0 Å². The lowest BCUT2D eigenvalue weighted by Gasteiger charge is -2.08. The summed E-state index contributed by atoms with van der Waals surface area (Å²) in [5, 5.41) is 2.74. The highest BCUT2D eigenvalue weighted by Crippen LogP contribution is 2.30. The monoisotopic (exact) mass is 313 g/mol. The first-order valence-electron chi connectivity index (χ1n) is 6.12. The largest absolute Gasteiger partial charge is 0.471 e. The summed E-state index contributed by atoms with van der Waals surface area (Å²) < 4.78 is 38.7. The molecule has 1 aliphatic rings. The van der Waals surface area contributed by atoms with Gasteiger partial charge in [-0.15, -0.1) is 0 Å². The molecule has 1 aliphatic heterocycles. The van der Waals surface area contributed by atoms with E-state index in [4.69, 9.17) is 0 Å². The van der Waals surface area contributed by atoms with Crippen LogP contribution < -0.4 is 5.32 Å². The van der Waals surface area contributed by atoms with E-state index in [9.17, 15) is 18.0 Å². The van der Waals surface area contributed by atoms with Gasteiger partial charge in [0.25, 0.3) is 0 Å². The summed E-state index contributed by atoms with van der Waals surface area (Å²) in [6.45, 7) is 0.873. The molecule has 0 saturated heterocycles. The first kappa shape index (κ1) is 14.0. The molecule has 4 nitrogen and oxygen atoms in total. The number of benzene rings is 1. The van der Waals surface area contributed by atoms with Crippen molar-refractivity contribution in [1.29, 1.82) is 0 Å². The first-order valence-corrected chi connectivity index (χ1v) is 7.10. The van der Waals surface area contributed by atoms with Crippen LogP contribution in [-0.4, -0.2) is 27.4 Å². The molecule has 3 rings (SSSR count). The van der Waals surface area contributed by atoms with Crippen LogP contribution in [0.25, 0.3) is 11.3 Å². The SMILES string of the molecule is O=C(Nc1cccc(-c2cn3c(n2)SCC3)c1)C(F)(F)F. The Morgan fingerprint density at radius 3 is 2.90 bits per heavy atom. The van der Waals surface area contributed by atoms with Gasteiger partial charge in [0.05, 0.1) is 5.69 Å². The lowest BCUT2D eigenvalue weighted by Crippen LogP contribution is -2.29. The van der Waals surface area contributed by atoms with Crippen molar-refractivity contribution >= 4 is 23.4 Å². The lowest BCUT2D eigenvalue weighted by atomic mass is 10.1. The van der Waals surface area contributed by atoms with Crippen molar-refractivity contribution in [2.75, 3.05) is 11.1 Å². The second-order valence-corrected chi connectivity index (χ2v) is 5.55.